The Balaban J connectivity index is -0.000000214. The molecule has 0 saturated heterocycles. The molecule has 0 atom stereocenters. The molecule has 2 N–H and O–H groups in total. The van der Waals surface area contributed by atoms with Crippen molar-refractivity contribution in [1.29, 1.82) is 0 Å². The van der Waals surface area contributed by atoms with Crippen LogP contribution in [0.1, 0.15) is 32.1 Å². The zero-order valence-electron chi connectivity index (χ0n) is 10.6. The second-order valence-corrected chi connectivity index (χ2v) is 3.08. The molecule has 1 aliphatic carbocycles. The van der Waals surface area contributed by atoms with Crippen molar-refractivity contribution < 1.29 is 46.5 Å². The third-order valence-electron chi connectivity index (χ3n) is 1.47. The zero-order chi connectivity index (χ0) is 14.9. The van der Waals surface area contributed by atoms with E-state index in [2.05, 4.69) is 12.2 Å². The van der Waals surface area contributed by atoms with Crippen LogP contribution in [0.4, 0.5) is 0 Å². The van der Waals surface area contributed by atoms with Gasteiger partial charge in [-0.2, -0.15) is 6.08 Å². The Kier molecular flexibility index (Phi) is 22.9. The van der Waals surface area contributed by atoms with Gasteiger partial charge in [0.15, 0.2) is 0 Å². The molecule has 0 fully saturated rings. The summed E-state index contributed by atoms with van der Waals surface area (Å²) in [6.07, 6.45) is 12.7. The number of hydrogen-bond acceptors (Lipinski definition) is 4. The van der Waals surface area contributed by atoms with Crippen molar-refractivity contribution in [2.75, 3.05) is 0 Å². The molecule has 0 aromatic carbocycles. The Labute approximate surface area is 128 Å². The van der Waals surface area contributed by atoms with E-state index in [0.717, 1.165) is 6.42 Å². The number of rotatable bonds is 6. The summed E-state index contributed by atoms with van der Waals surface area (Å²) in [5, 5.41) is 15.7. The molecule has 0 bridgehead atoms. The van der Waals surface area contributed by atoms with Crippen LogP contribution in [0.2, 0.25) is 0 Å². The minimum absolute atomic E-state index is 0. The van der Waals surface area contributed by atoms with E-state index < -0.39 is 11.9 Å². The standard InChI is InChI=1S/C5H5.2C4H5O3.Fe/c1-2-4-5-3-1;2*5-3-1-2-4(6)7;/h1-3H,4H2;2*1-2H2,(H,6,7);/q3*-1;+3. The van der Waals surface area contributed by atoms with Crippen LogP contribution in [-0.4, -0.2) is 34.7 Å². The Morgan fingerprint density at radius 1 is 1.05 bits per heavy atom. The van der Waals surface area contributed by atoms with E-state index in [0.29, 0.717) is 0 Å². The van der Waals surface area contributed by atoms with Crippen LogP contribution < -0.4 is 0 Å². The van der Waals surface area contributed by atoms with Crippen molar-refractivity contribution in [1.82, 2.24) is 0 Å². The van der Waals surface area contributed by atoms with E-state index >= 15 is 0 Å². The first kappa shape index (κ1) is 23.4. The van der Waals surface area contributed by atoms with Crippen LogP contribution in [0.3, 0.4) is 0 Å². The topological polar surface area (TPSA) is 109 Å². The zero-order valence-corrected chi connectivity index (χ0v) is 11.8. The van der Waals surface area contributed by atoms with E-state index in [1.807, 2.05) is 12.2 Å². The van der Waals surface area contributed by atoms with Crippen molar-refractivity contribution in [3.63, 3.8) is 0 Å². The van der Waals surface area contributed by atoms with E-state index in [4.69, 9.17) is 10.2 Å². The van der Waals surface area contributed by atoms with Crippen LogP contribution in [-0.2, 0) is 36.2 Å². The molecular formula is C13H15FeO6. The quantitative estimate of drug-likeness (QED) is 0.562. The van der Waals surface area contributed by atoms with Gasteiger partial charge in [0.1, 0.15) is 0 Å². The second kappa shape index (κ2) is 19.6. The molecule has 0 aromatic rings. The van der Waals surface area contributed by atoms with E-state index in [-0.39, 0.29) is 42.8 Å². The summed E-state index contributed by atoms with van der Waals surface area (Å²) >= 11 is 0. The molecule has 1 radical (unpaired) electrons. The van der Waals surface area contributed by atoms with Gasteiger partial charge in [-0.25, -0.2) is 12.2 Å². The predicted molar refractivity (Wildman–Crippen MR) is 66.7 cm³/mol. The van der Waals surface area contributed by atoms with Gasteiger partial charge < -0.3 is 19.8 Å². The fraction of sp³-hybridized carbons (Fsp3) is 0.385. The van der Waals surface area contributed by atoms with Gasteiger partial charge in [0.05, 0.1) is 0 Å². The molecule has 20 heavy (non-hydrogen) atoms. The summed E-state index contributed by atoms with van der Waals surface area (Å²) in [5.41, 5.74) is 0. The Morgan fingerprint density at radius 3 is 1.60 bits per heavy atom. The number of aliphatic carboxylic acids is 2. The minimum Gasteiger partial charge on any atom is -0.542 e. The third kappa shape index (κ3) is 29.9. The van der Waals surface area contributed by atoms with E-state index in [1.54, 1.807) is 0 Å². The summed E-state index contributed by atoms with van der Waals surface area (Å²) in [7, 11) is 0. The normalized spacial score (nSPS) is 10.0. The van der Waals surface area contributed by atoms with Gasteiger partial charge in [0, 0.05) is 12.8 Å². The number of carboxylic acid groups (broad SMARTS) is 2. The van der Waals surface area contributed by atoms with Crippen molar-refractivity contribution in [2.24, 2.45) is 0 Å². The fourth-order valence-corrected chi connectivity index (χ4v) is 0.656. The van der Waals surface area contributed by atoms with Crippen LogP contribution in [0.5, 0.6) is 0 Å². The molecule has 0 unspecified atom stereocenters. The average molecular weight is 323 g/mol. The smallest absolute Gasteiger partial charge is 0.542 e. The molecule has 0 aromatic heterocycles. The van der Waals surface area contributed by atoms with Gasteiger partial charge in [0.2, 0.25) is 0 Å². The molecular weight excluding hydrogens is 308 g/mol. The SMILES string of the molecule is O=[C-]CCC(=O)O.O=[C-]CCC(=O)O.[C-]1=CC=CC1.[Fe+3]. The second-order valence-electron chi connectivity index (χ2n) is 3.08. The third-order valence-corrected chi connectivity index (χ3v) is 1.47. The molecule has 111 valence electrons. The number of carbonyl (C=O) groups is 2. The molecule has 0 saturated carbocycles. The molecule has 1 rings (SSSR count). The van der Waals surface area contributed by atoms with Gasteiger partial charge in [-0.3, -0.25) is 28.2 Å². The first-order valence-electron chi connectivity index (χ1n) is 5.40. The molecule has 0 amide bonds. The monoisotopic (exact) mass is 323 g/mol. The molecule has 0 spiro atoms. The molecule has 0 aliphatic heterocycles. The van der Waals surface area contributed by atoms with Gasteiger partial charge in [0.25, 0.3) is 0 Å². The van der Waals surface area contributed by atoms with Crippen molar-refractivity contribution in [2.45, 2.75) is 32.1 Å². The maximum Gasteiger partial charge on any atom is 3.00 e. The summed E-state index contributed by atoms with van der Waals surface area (Å²) in [6.45, 7) is 0. The van der Waals surface area contributed by atoms with Crippen LogP contribution in [0, 0.1) is 6.08 Å². The summed E-state index contributed by atoms with van der Waals surface area (Å²) in [6, 6.07) is 0. The molecule has 7 heteroatoms. The van der Waals surface area contributed by atoms with Gasteiger partial charge in [-0.05, 0) is 0 Å². The fourth-order valence-electron chi connectivity index (χ4n) is 0.656. The summed E-state index contributed by atoms with van der Waals surface area (Å²) < 4.78 is 0. The Morgan fingerprint density at radius 2 is 1.50 bits per heavy atom. The molecule has 6 nitrogen and oxygen atoms in total. The summed E-state index contributed by atoms with van der Waals surface area (Å²) in [5.74, 6) is -1.91. The predicted octanol–water partition coefficient (Wildman–Crippen LogP) is 1.22. The molecule has 0 heterocycles. The first-order chi connectivity index (χ1) is 9.04. The number of allylic oxidation sites excluding steroid dienone is 4. The van der Waals surface area contributed by atoms with E-state index in [9.17, 15) is 19.2 Å². The Bertz CT molecular complexity index is 304. The van der Waals surface area contributed by atoms with E-state index in [1.165, 1.54) is 12.6 Å². The van der Waals surface area contributed by atoms with Crippen molar-refractivity contribution >= 4 is 24.5 Å². The largest absolute Gasteiger partial charge is 3.00 e. The van der Waals surface area contributed by atoms with Crippen LogP contribution in [0.15, 0.2) is 18.2 Å². The maximum atomic E-state index is 9.58. The van der Waals surface area contributed by atoms with Crippen LogP contribution >= 0.6 is 0 Å². The first-order valence-corrected chi connectivity index (χ1v) is 5.40. The maximum absolute atomic E-state index is 9.58. The van der Waals surface area contributed by atoms with Crippen molar-refractivity contribution in [3.05, 3.63) is 24.3 Å². The number of hydrogen-bond donors (Lipinski definition) is 2. The summed E-state index contributed by atoms with van der Waals surface area (Å²) in [4.78, 5) is 37.8. The average Bonchev–Trinajstić information content (AvgIpc) is 2.93. The van der Waals surface area contributed by atoms with Gasteiger partial charge >= 0.3 is 29.0 Å². The number of carboxylic acids is 2. The molecule has 1 aliphatic rings. The van der Waals surface area contributed by atoms with Crippen molar-refractivity contribution in [3.8, 4) is 0 Å². The van der Waals surface area contributed by atoms with Crippen LogP contribution in [0.25, 0.3) is 0 Å². The van der Waals surface area contributed by atoms with Gasteiger partial charge in [-0.15, -0.1) is 19.3 Å². The number of carbonyl (C=O) groups excluding carboxylic acids is 2. The Hall–Kier alpha value is -1.72. The van der Waals surface area contributed by atoms with Gasteiger partial charge in [-0.1, -0.05) is 0 Å². The minimum atomic E-state index is -0.955.